The van der Waals surface area contributed by atoms with Gasteiger partial charge in [-0.25, -0.2) is 4.68 Å². The molecule has 2 aliphatic carbocycles. The zero-order chi connectivity index (χ0) is 19.2. The molecule has 0 bridgehead atoms. The SMILES string of the molecule is CC(C)P(Cc1cn(CP(C2CCCCC2)C2CCCCC2)nn1)C(C)C. The van der Waals surface area contributed by atoms with Crippen LogP contribution in [0.25, 0.3) is 0 Å². The van der Waals surface area contributed by atoms with Crippen molar-refractivity contribution in [1.82, 2.24) is 15.0 Å². The summed E-state index contributed by atoms with van der Waals surface area (Å²) in [5.41, 5.74) is 4.77. The Labute approximate surface area is 170 Å². The van der Waals surface area contributed by atoms with E-state index in [1.165, 1.54) is 76.2 Å². The summed E-state index contributed by atoms with van der Waals surface area (Å²) in [5.74, 6) is 0. The van der Waals surface area contributed by atoms with E-state index in [9.17, 15) is 0 Å². The number of hydrogen-bond donors (Lipinski definition) is 0. The maximum absolute atomic E-state index is 4.61. The van der Waals surface area contributed by atoms with Gasteiger partial charge in [-0.3, -0.25) is 0 Å². The molecular weight excluding hydrogens is 368 g/mol. The highest BCUT2D eigenvalue weighted by Crippen LogP contribution is 2.56. The highest BCUT2D eigenvalue weighted by Gasteiger charge is 2.31. The minimum atomic E-state index is 0.00324. The van der Waals surface area contributed by atoms with E-state index in [1.807, 2.05) is 0 Å². The van der Waals surface area contributed by atoms with Crippen LogP contribution in [0.5, 0.6) is 0 Å². The van der Waals surface area contributed by atoms with Crippen LogP contribution in [0, 0.1) is 0 Å². The minimum absolute atomic E-state index is 0.00324. The molecule has 1 aromatic heterocycles. The lowest BCUT2D eigenvalue weighted by molar-refractivity contribution is 0.479. The Bertz CT molecular complexity index is 520. The monoisotopic (exact) mass is 409 g/mol. The van der Waals surface area contributed by atoms with Gasteiger partial charge < -0.3 is 0 Å². The summed E-state index contributed by atoms with van der Waals surface area (Å²) >= 11 is 0. The van der Waals surface area contributed by atoms with E-state index in [4.69, 9.17) is 0 Å². The molecule has 5 heteroatoms. The summed E-state index contributed by atoms with van der Waals surface area (Å²) in [5, 5.41) is 9.21. The Balaban J connectivity index is 1.67. The second-order valence-corrected chi connectivity index (χ2v) is 15.5. The fourth-order valence-corrected chi connectivity index (χ4v) is 11.2. The lowest BCUT2D eigenvalue weighted by Gasteiger charge is -2.38. The molecule has 0 aromatic carbocycles. The molecule has 1 heterocycles. The van der Waals surface area contributed by atoms with E-state index in [0.29, 0.717) is 0 Å². The van der Waals surface area contributed by atoms with Crippen LogP contribution in [0.1, 0.15) is 97.6 Å². The van der Waals surface area contributed by atoms with Crippen LogP contribution < -0.4 is 0 Å². The van der Waals surface area contributed by atoms with Crippen LogP contribution in [-0.2, 0) is 12.4 Å². The Morgan fingerprint density at radius 1 is 0.889 bits per heavy atom. The van der Waals surface area contributed by atoms with Crippen LogP contribution >= 0.6 is 15.8 Å². The van der Waals surface area contributed by atoms with Gasteiger partial charge in [0.15, 0.2) is 0 Å². The van der Waals surface area contributed by atoms with E-state index in [1.54, 1.807) is 0 Å². The van der Waals surface area contributed by atoms with Crippen molar-refractivity contribution in [3.8, 4) is 0 Å². The molecule has 0 aliphatic heterocycles. The Morgan fingerprint density at radius 3 is 1.89 bits per heavy atom. The quantitative estimate of drug-likeness (QED) is 0.426. The van der Waals surface area contributed by atoms with Crippen LogP contribution in [-0.4, -0.2) is 37.6 Å². The van der Waals surface area contributed by atoms with Gasteiger partial charge in [-0.05, 0) is 48.3 Å². The Kier molecular flexibility index (Phi) is 8.59. The molecule has 2 aliphatic rings. The van der Waals surface area contributed by atoms with Crippen LogP contribution in [0.15, 0.2) is 6.20 Å². The summed E-state index contributed by atoms with van der Waals surface area (Å²) < 4.78 is 2.25. The largest absolute Gasteiger partial charge is 0.248 e. The first-order valence-corrected chi connectivity index (χ1v) is 14.8. The molecule has 154 valence electrons. The van der Waals surface area contributed by atoms with E-state index < -0.39 is 0 Å². The van der Waals surface area contributed by atoms with Gasteiger partial charge in [0.05, 0.1) is 12.0 Å². The summed E-state index contributed by atoms with van der Waals surface area (Å²) in [6.45, 7) is 9.51. The van der Waals surface area contributed by atoms with Crippen molar-refractivity contribution in [2.24, 2.45) is 0 Å². The van der Waals surface area contributed by atoms with E-state index in [0.717, 1.165) is 28.8 Å². The van der Waals surface area contributed by atoms with Crippen molar-refractivity contribution in [1.29, 1.82) is 0 Å². The predicted octanol–water partition coefficient (Wildman–Crippen LogP) is 7.18. The zero-order valence-electron chi connectivity index (χ0n) is 18.1. The van der Waals surface area contributed by atoms with Crippen molar-refractivity contribution < 1.29 is 0 Å². The summed E-state index contributed by atoms with van der Waals surface area (Å²) in [4.78, 5) is 0. The van der Waals surface area contributed by atoms with Crippen molar-refractivity contribution in [2.45, 2.75) is 127 Å². The molecule has 0 radical (unpaired) electrons. The first kappa shape index (κ1) is 21.7. The van der Waals surface area contributed by atoms with Gasteiger partial charge >= 0.3 is 0 Å². The van der Waals surface area contributed by atoms with E-state index in [2.05, 4.69) is 48.9 Å². The van der Waals surface area contributed by atoms with Gasteiger partial charge in [-0.2, -0.15) is 0 Å². The molecule has 0 atom stereocenters. The van der Waals surface area contributed by atoms with Crippen LogP contribution in [0.2, 0.25) is 0 Å². The highest BCUT2D eigenvalue weighted by molar-refractivity contribution is 7.58. The number of rotatable bonds is 8. The van der Waals surface area contributed by atoms with Crippen molar-refractivity contribution in [3.63, 3.8) is 0 Å². The molecule has 0 unspecified atom stereocenters. The van der Waals surface area contributed by atoms with Gasteiger partial charge in [0.25, 0.3) is 0 Å². The van der Waals surface area contributed by atoms with Gasteiger partial charge in [0.1, 0.15) is 0 Å². The van der Waals surface area contributed by atoms with Gasteiger partial charge in [-0.15, -0.1) is 5.10 Å². The molecule has 2 saturated carbocycles. The molecule has 3 nitrogen and oxygen atoms in total. The zero-order valence-corrected chi connectivity index (χ0v) is 19.9. The molecule has 3 rings (SSSR count). The third kappa shape index (κ3) is 6.24. The van der Waals surface area contributed by atoms with Gasteiger partial charge in [0, 0.05) is 12.4 Å². The Hall–Kier alpha value is -0.0000000000000000555. The molecule has 2 fully saturated rings. The predicted molar refractivity (Wildman–Crippen MR) is 122 cm³/mol. The molecule has 0 amide bonds. The van der Waals surface area contributed by atoms with Crippen molar-refractivity contribution in [3.05, 3.63) is 11.9 Å². The molecule has 0 N–H and O–H groups in total. The summed E-state index contributed by atoms with van der Waals surface area (Å²) in [6.07, 6.45) is 19.3. The first-order valence-electron chi connectivity index (χ1n) is 11.4. The lowest BCUT2D eigenvalue weighted by Crippen LogP contribution is -2.23. The molecular formula is C22H41N3P2. The highest BCUT2D eigenvalue weighted by atomic mass is 31.1. The molecule has 1 aromatic rings. The molecule has 0 saturated heterocycles. The maximum Gasteiger partial charge on any atom is 0.0870 e. The average Bonchev–Trinajstić information content (AvgIpc) is 3.12. The van der Waals surface area contributed by atoms with E-state index in [-0.39, 0.29) is 15.8 Å². The second kappa shape index (κ2) is 10.7. The summed E-state index contributed by atoms with van der Waals surface area (Å²) in [7, 11) is 0.0638. The van der Waals surface area contributed by atoms with Crippen LogP contribution in [0.3, 0.4) is 0 Å². The first-order chi connectivity index (χ1) is 13.0. The third-order valence-corrected chi connectivity index (χ3v) is 13.5. The van der Waals surface area contributed by atoms with Gasteiger partial charge in [-0.1, -0.05) is 87.3 Å². The summed E-state index contributed by atoms with van der Waals surface area (Å²) in [6, 6.07) is 0. The lowest BCUT2D eigenvalue weighted by atomic mass is 9.99. The number of aromatic nitrogens is 3. The topological polar surface area (TPSA) is 30.7 Å². The maximum atomic E-state index is 4.61. The third-order valence-electron chi connectivity index (χ3n) is 6.65. The van der Waals surface area contributed by atoms with E-state index >= 15 is 0 Å². The average molecular weight is 410 g/mol. The fourth-order valence-electron chi connectivity index (χ4n) is 5.15. The fraction of sp³-hybridized carbons (Fsp3) is 0.909. The second-order valence-electron chi connectivity index (χ2n) is 9.35. The standard InChI is InChI=1S/C22H41N3P2/c1-18(2)26(19(3)4)16-20-15-25(24-23-20)17-27(21-11-7-5-8-12-21)22-13-9-6-10-14-22/h15,18-19,21-22H,5-14,16-17H2,1-4H3. The number of hydrogen-bond acceptors (Lipinski definition) is 2. The smallest absolute Gasteiger partial charge is 0.0870 e. The normalized spacial score (nSPS) is 20.4. The Morgan fingerprint density at radius 2 is 1.41 bits per heavy atom. The van der Waals surface area contributed by atoms with Gasteiger partial charge in [0.2, 0.25) is 0 Å². The van der Waals surface area contributed by atoms with Crippen molar-refractivity contribution >= 4 is 15.8 Å². The molecule has 0 spiro atoms. The minimum Gasteiger partial charge on any atom is -0.248 e. The van der Waals surface area contributed by atoms with Crippen molar-refractivity contribution in [2.75, 3.05) is 0 Å². The van der Waals surface area contributed by atoms with Crippen LogP contribution in [0.4, 0.5) is 0 Å². The number of nitrogens with zero attached hydrogens (tertiary/aromatic N) is 3. The molecule has 27 heavy (non-hydrogen) atoms.